The van der Waals surface area contributed by atoms with Gasteiger partial charge >= 0.3 is 11.9 Å². The molecule has 1 aliphatic carbocycles. The Morgan fingerprint density at radius 1 is 1.18 bits per heavy atom. The summed E-state index contributed by atoms with van der Waals surface area (Å²) in [4.78, 5) is 24.0. The fraction of sp³-hybridized carbons (Fsp3) is 0.667. The van der Waals surface area contributed by atoms with Gasteiger partial charge in [0.25, 0.3) is 0 Å². The van der Waals surface area contributed by atoms with E-state index in [-0.39, 0.29) is 18.3 Å². The fourth-order valence-corrected chi connectivity index (χ4v) is 3.89. The molecule has 0 heterocycles. The first-order valence-electron chi connectivity index (χ1n) is 7.88. The van der Waals surface area contributed by atoms with Gasteiger partial charge in [-0.25, -0.2) is 0 Å². The van der Waals surface area contributed by atoms with E-state index in [0.717, 1.165) is 5.57 Å². The third-order valence-corrected chi connectivity index (χ3v) is 4.37. The number of carboxylic acids is 2. The van der Waals surface area contributed by atoms with E-state index < -0.39 is 22.8 Å². The standard InChI is InChI=1S/C18H28O4/c1-6-14-9-17(15(19)20,7-12(2)3)11-18(10-14,16(21)22)8-13(4)5/h6,9,12-13H,1,7-8,10-11H2,2-5H3,(H,19,20)(H,21,22). The Morgan fingerprint density at radius 2 is 1.73 bits per heavy atom. The first kappa shape index (κ1) is 18.5. The van der Waals surface area contributed by atoms with Crippen molar-refractivity contribution >= 4 is 11.9 Å². The summed E-state index contributed by atoms with van der Waals surface area (Å²) < 4.78 is 0. The van der Waals surface area contributed by atoms with Gasteiger partial charge in [0.2, 0.25) is 0 Å². The average molecular weight is 308 g/mol. The highest BCUT2D eigenvalue weighted by atomic mass is 16.4. The van der Waals surface area contributed by atoms with Crippen LogP contribution in [0.25, 0.3) is 0 Å². The molecule has 2 atom stereocenters. The number of carbonyl (C=O) groups is 2. The van der Waals surface area contributed by atoms with E-state index in [9.17, 15) is 19.8 Å². The van der Waals surface area contributed by atoms with Gasteiger partial charge in [0.05, 0.1) is 10.8 Å². The second-order valence-corrected chi connectivity index (χ2v) is 7.52. The minimum absolute atomic E-state index is 0.151. The van der Waals surface area contributed by atoms with Gasteiger partial charge in [-0.3, -0.25) is 9.59 Å². The molecule has 22 heavy (non-hydrogen) atoms. The Kier molecular flexibility index (Phi) is 5.60. The Hall–Kier alpha value is -1.58. The quantitative estimate of drug-likeness (QED) is 0.741. The van der Waals surface area contributed by atoms with Crippen molar-refractivity contribution in [3.8, 4) is 0 Å². The lowest BCUT2D eigenvalue weighted by Gasteiger charge is -2.43. The first-order valence-corrected chi connectivity index (χ1v) is 7.88. The maximum atomic E-state index is 12.0. The molecule has 0 bridgehead atoms. The zero-order chi connectivity index (χ0) is 17.1. The maximum absolute atomic E-state index is 12.0. The van der Waals surface area contributed by atoms with Gasteiger partial charge in [-0.15, -0.1) is 0 Å². The Balaban J connectivity index is 3.42. The Bertz CT molecular complexity index is 489. The summed E-state index contributed by atoms with van der Waals surface area (Å²) >= 11 is 0. The predicted octanol–water partition coefficient (Wildman–Crippen LogP) is 4.13. The first-order chi connectivity index (χ1) is 10.1. The van der Waals surface area contributed by atoms with Crippen LogP contribution >= 0.6 is 0 Å². The Morgan fingerprint density at radius 3 is 2.09 bits per heavy atom. The number of carboxylic acid groups (broad SMARTS) is 2. The fourth-order valence-electron chi connectivity index (χ4n) is 3.89. The van der Waals surface area contributed by atoms with E-state index in [0.29, 0.717) is 19.3 Å². The predicted molar refractivity (Wildman–Crippen MR) is 86.6 cm³/mol. The van der Waals surface area contributed by atoms with Gasteiger partial charge in [0, 0.05) is 0 Å². The summed E-state index contributed by atoms with van der Waals surface area (Å²) in [6.45, 7) is 11.6. The molecule has 0 amide bonds. The van der Waals surface area contributed by atoms with Crippen LogP contribution in [0.1, 0.15) is 53.4 Å². The highest BCUT2D eigenvalue weighted by Crippen LogP contribution is 2.51. The van der Waals surface area contributed by atoms with Crippen molar-refractivity contribution in [3.63, 3.8) is 0 Å². The molecule has 0 spiro atoms. The van der Waals surface area contributed by atoms with Crippen LogP contribution in [0.3, 0.4) is 0 Å². The highest BCUT2D eigenvalue weighted by molar-refractivity contribution is 5.82. The zero-order valence-corrected chi connectivity index (χ0v) is 14.1. The lowest BCUT2D eigenvalue weighted by Crippen LogP contribution is -2.45. The number of hydrogen-bond donors (Lipinski definition) is 2. The zero-order valence-electron chi connectivity index (χ0n) is 14.1. The minimum atomic E-state index is -1.12. The maximum Gasteiger partial charge on any atom is 0.313 e. The molecule has 0 saturated carbocycles. The van der Waals surface area contributed by atoms with E-state index in [2.05, 4.69) is 6.58 Å². The molecule has 2 N–H and O–H groups in total. The molecule has 1 aliphatic rings. The number of hydrogen-bond acceptors (Lipinski definition) is 2. The van der Waals surface area contributed by atoms with Gasteiger partial charge in [0.15, 0.2) is 0 Å². The second-order valence-electron chi connectivity index (χ2n) is 7.52. The van der Waals surface area contributed by atoms with Crippen LogP contribution in [0.2, 0.25) is 0 Å². The monoisotopic (exact) mass is 308 g/mol. The van der Waals surface area contributed by atoms with E-state index in [1.165, 1.54) is 0 Å². The van der Waals surface area contributed by atoms with Gasteiger partial charge in [-0.05, 0) is 37.5 Å². The van der Waals surface area contributed by atoms with E-state index in [1.54, 1.807) is 12.2 Å². The van der Waals surface area contributed by atoms with E-state index >= 15 is 0 Å². The lowest BCUT2D eigenvalue weighted by molar-refractivity contribution is -0.158. The third-order valence-electron chi connectivity index (χ3n) is 4.37. The molecule has 0 aromatic carbocycles. The molecule has 124 valence electrons. The molecule has 4 nitrogen and oxygen atoms in total. The summed E-state index contributed by atoms with van der Waals surface area (Å²) in [5, 5.41) is 19.7. The van der Waals surface area contributed by atoms with Crippen molar-refractivity contribution in [2.75, 3.05) is 0 Å². The Labute approximate surface area is 132 Å². The largest absolute Gasteiger partial charge is 0.481 e. The van der Waals surface area contributed by atoms with E-state index in [1.807, 2.05) is 27.7 Å². The van der Waals surface area contributed by atoms with Crippen LogP contribution < -0.4 is 0 Å². The van der Waals surface area contributed by atoms with Gasteiger partial charge in [-0.1, -0.05) is 52.0 Å². The molecule has 1 rings (SSSR count). The molecular weight excluding hydrogens is 280 g/mol. The van der Waals surface area contributed by atoms with Crippen molar-refractivity contribution in [1.82, 2.24) is 0 Å². The number of aliphatic carboxylic acids is 2. The molecule has 4 heteroatoms. The van der Waals surface area contributed by atoms with Crippen LogP contribution in [0.5, 0.6) is 0 Å². The summed E-state index contributed by atoms with van der Waals surface area (Å²) in [7, 11) is 0. The van der Waals surface area contributed by atoms with Gasteiger partial charge in [0.1, 0.15) is 0 Å². The molecule has 0 aliphatic heterocycles. The molecule has 2 unspecified atom stereocenters. The summed E-state index contributed by atoms with van der Waals surface area (Å²) in [5.74, 6) is -1.48. The summed E-state index contributed by atoms with van der Waals surface area (Å²) in [6, 6.07) is 0. The normalized spacial score (nSPS) is 28.5. The summed E-state index contributed by atoms with van der Waals surface area (Å²) in [5.41, 5.74) is -1.42. The van der Waals surface area contributed by atoms with Gasteiger partial charge in [-0.2, -0.15) is 0 Å². The third kappa shape index (κ3) is 3.79. The van der Waals surface area contributed by atoms with Gasteiger partial charge < -0.3 is 10.2 Å². The van der Waals surface area contributed by atoms with Crippen molar-refractivity contribution in [3.05, 3.63) is 24.3 Å². The minimum Gasteiger partial charge on any atom is -0.481 e. The molecule has 0 radical (unpaired) electrons. The molecule has 0 saturated heterocycles. The molecule has 0 aromatic heterocycles. The van der Waals surface area contributed by atoms with Crippen LogP contribution in [-0.2, 0) is 9.59 Å². The van der Waals surface area contributed by atoms with Crippen LogP contribution in [-0.4, -0.2) is 22.2 Å². The molecule has 0 aromatic rings. The SMILES string of the molecule is C=CC1=CC(CC(C)C)(C(=O)O)CC(CC(C)C)(C(=O)O)C1. The van der Waals surface area contributed by atoms with Crippen LogP contribution in [0, 0.1) is 22.7 Å². The highest BCUT2D eigenvalue weighted by Gasteiger charge is 2.52. The topological polar surface area (TPSA) is 74.6 Å². The second kappa shape index (κ2) is 6.67. The summed E-state index contributed by atoms with van der Waals surface area (Å²) in [6.07, 6.45) is 4.77. The molecule has 0 fully saturated rings. The van der Waals surface area contributed by atoms with Crippen molar-refractivity contribution in [1.29, 1.82) is 0 Å². The lowest BCUT2D eigenvalue weighted by atomic mass is 9.58. The van der Waals surface area contributed by atoms with Crippen molar-refractivity contribution in [2.24, 2.45) is 22.7 Å². The smallest absolute Gasteiger partial charge is 0.313 e. The number of allylic oxidation sites excluding steroid dienone is 2. The van der Waals surface area contributed by atoms with Crippen LogP contribution in [0.15, 0.2) is 24.3 Å². The van der Waals surface area contributed by atoms with Crippen molar-refractivity contribution < 1.29 is 19.8 Å². The average Bonchev–Trinajstić information content (AvgIpc) is 2.36. The molecular formula is C18H28O4. The van der Waals surface area contributed by atoms with Crippen LogP contribution in [0.4, 0.5) is 0 Å². The van der Waals surface area contributed by atoms with Crippen molar-refractivity contribution in [2.45, 2.75) is 53.4 Å². The van der Waals surface area contributed by atoms with E-state index in [4.69, 9.17) is 0 Å². The number of rotatable bonds is 7.